The van der Waals surface area contributed by atoms with Crippen LogP contribution < -0.4 is 0 Å². The molecule has 3 rings (SSSR count). The maximum absolute atomic E-state index is 4.90. The summed E-state index contributed by atoms with van der Waals surface area (Å²) in [4.78, 5) is 9.80. The molecule has 0 aromatic carbocycles. The van der Waals surface area contributed by atoms with E-state index < -0.39 is 0 Å². The van der Waals surface area contributed by atoms with E-state index in [2.05, 4.69) is 26.2 Å². The van der Waals surface area contributed by atoms with E-state index in [4.69, 9.17) is 9.97 Å². The van der Waals surface area contributed by atoms with Crippen molar-refractivity contribution < 1.29 is 0 Å². The van der Waals surface area contributed by atoms with Crippen LogP contribution in [-0.4, -0.2) is 9.97 Å². The Kier molecular flexibility index (Phi) is 13.6. The third-order valence-electron chi connectivity index (χ3n) is 9.21. The number of hydrogen-bond acceptors (Lipinski definition) is 2. The molecule has 0 amide bonds. The van der Waals surface area contributed by atoms with Crippen LogP contribution in [0.15, 0.2) is 12.4 Å². The molecule has 0 spiro atoms. The zero-order valence-corrected chi connectivity index (χ0v) is 22.9. The van der Waals surface area contributed by atoms with Gasteiger partial charge in [0, 0.05) is 18.8 Å². The van der Waals surface area contributed by atoms with Crippen molar-refractivity contribution in [2.24, 2.45) is 23.7 Å². The van der Waals surface area contributed by atoms with Crippen molar-refractivity contribution in [1.29, 1.82) is 0 Å². The standard InChI is InChI=1S/C32H56N2/c1-3-5-7-8-9-10-13-17-28-25-33-32(34-26-28)24-31(29-18-14-11-15-19-29)30-22-20-27(21-23-30)16-12-6-4-2/h25-27,29-31H,3-24H2,1-2H3. The second-order valence-electron chi connectivity index (χ2n) is 11.9. The minimum Gasteiger partial charge on any atom is -0.241 e. The van der Waals surface area contributed by atoms with E-state index in [1.54, 1.807) is 0 Å². The fourth-order valence-corrected chi connectivity index (χ4v) is 6.98. The van der Waals surface area contributed by atoms with Gasteiger partial charge in [-0.3, -0.25) is 0 Å². The van der Waals surface area contributed by atoms with Crippen LogP contribution >= 0.6 is 0 Å². The van der Waals surface area contributed by atoms with Gasteiger partial charge in [-0.2, -0.15) is 0 Å². The second kappa shape index (κ2) is 16.7. The van der Waals surface area contributed by atoms with Crippen molar-refractivity contribution >= 4 is 0 Å². The van der Waals surface area contributed by atoms with Gasteiger partial charge in [-0.05, 0) is 54.9 Å². The summed E-state index contributed by atoms with van der Waals surface area (Å²) < 4.78 is 0. The van der Waals surface area contributed by atoms with Crippen molar-refractivity contribution in [3.05, 3.63) is 23.8 Å². The first-order valence-electron chi connectivity index (χ1n) is 15.6. The molecule has 2 fully saturated rings. The lowest BCUT2D eigenvalue weighted by Crippen LogP contribution is -2.31. The molecule has 0 radical (unpaired) electrons. The maximum Gasteiger partial charge on any atom is 0.128 e. The second-order valence-corrected chi connectivity index (χ2v) is 11.9. The molecule has 0 aliphatic heterocycles. The Balaban J connectivity index is 1.47. The van der Waals surface area contributed by atoms with E-state index in [0.29, 0.717) is 0 Å². The minimum absolute atomic E-state index is 0.825. The minimum atomic E-state index is 0.825. The molecule has 1 heterocycles. The maximum atomic E-state index is 4.90. The zero-order valence-electron chi connectivity index (χ0n) is 22.9. The number of nitrogens with zero attached hydrogens (tertiary/aromatic N) is 2. The topological polar surface area (TPSA) is 25.8 Å². The van der Waals surface area contributed by atoms with Gasteiger partial charge in [0.1, 0.15) is 5.82 Å². The van der Waals surface area contributed by atoms with Crippen LogP contribution in [0.1, 0.15) is 154 Å². The molecular weight excluding hydrogens is 412 g/mol. The highest BCUT2D eigenvalue weighted by Gasteiger charge is 2.33. The normalized spacial score (nSPS) is 22.6. The van der Waals surface area contributed by atoms with Crippen molar-refractivity contribution in [2.75, 3.05) is 0 Å². The molecule has 1 atom stereocenters. The fraction of sp³-hybridized carbons (Fsp3) is 0.875. The summed E-state index contributed by atoms with van der Waals surface area (Å²) in [7, 11) is 0. The van der Waals surface area contributed by atoms with Crippen LogP contribution in [0.2, 0.25) is 0 Å². The van der Waals surface area contributed by atoms with Gasteiger partial charge in [-0.1, -0.05) is 123 Å². The summed E-state index contributed by atoms with van der Waals surface area (Å²) in [6, 6.07) is 0. The van der Waals surface area contributed by atoms with Gasteiger partial charge in [0.2, 0.25) is 0 Å². The summed E-state index contributed by atoms with van der Waals surface area (Å²) in [6.07, 6.45) is 35.1. The molecule has 1 aromatic heterocycles. The van der Waals surface area contributed by atoms with E-state index >= 15 is 0 Å². The van der Waals surface area contributed by atoms with Gasteiger partial charge in [0.05, 0.1) is 0 Å². The van der Waals surface area contributed by atoms with Gasteiger partial charge >= 0.3 is 0 Å². The average molecular weight is 469 g/mol. The lowest BCUT2D eigenvalue weighted by Gasteiger charge is -2.39. The van der Waals surface area contributed by atoms with Gasteiger partial charge in [-0.15, -0.1) is 0 Å². The number of aromatic nitrogens is 2. The molecule has 2 saturated carbocycles. The zero-order chi connectivity index (χ0) is 23.8. The highest BCUT2D eigenvalue weighted by Crippen LogP contribution is 2.43. The third-order valence-corrected chi connectivity index (χ3v) is 9.21. The first-order chi connectivity index (χ1) is 16.8. The molecule has 1 unspecified atom stereocenters. The lowest BCUT2D eigenvalue weighted by atomic mass is 9.66. The summed E-state index contributed by atoms with van der Waals surface area (Å²) in [5, 5.41) is 0. The number of hydrogen-bond donors (Lipinski definition) is 0. The van der Waals surface area contributed by atoms with E-state index in [9.17, 15) is 0 Å². The first kappa shape index (κ1) is 27.7. The van der Waals surface area contributed by atoms with Crippen molar-refractivity contribution in [3.63, 3.8) is 0 Å². The van der Waals surface area contributed by atoms with Crippen molar-refractivity contribution in [3.8, 4) is 0 Å². The lowest BCUT2D eigenvalue weighted by molar-refractivity contribution is 0.121. The smallest absolute Gasteiger partial charge is 0.128 e. The van der Waals surface area contributed by atoms with Gasteiger partial charge in [0.15, 0.2) is 0 Å². The summed E-state index contributed by atoms with van der Waals surface area (Å²) in [5.41, 5.74) is 1.35. The van der Waals surface area contributed by atoms with Gasteiger partial charge in [0.25, 0.3) is 0 Å². The summed E-state index contributed by atoms with van der Waals surface area (Å²) in [5.74, 6) is 4.81. The summed E-state index contributed by atoms with van der Waals surface area (Å²) >= 11 is 0. The molecule has 2 heteroatoms. The highest BCUT2D eigenvalue weighted by molar-refractivity contribution is 5.06. The number of rotatable bonds is 16. The SMILES string of the molecule is CCCCCCCCCc1cnc(CC(C2CCCCC2)C2CCC(CCCCC)CC2)nc1. The van der Waals surface area contributed by atoms with E-state index in [-0.39, 0.29) is 0 Å². The number of aryl methyl sites for hydroxylation is 1. The molecule has 2 aliphatic rings. The molecule has 194 valence electrons. The quantitative estimate of drug-likeness (QED) is 0.225. The molecule has 1 aromatic rings. The van der Waals surface area contributed by atoms with Crippen LogP contribution in [0, 0.1) is 23.7 Å². The van der Waals surface area contributed by atoms with Crippen LogP contribution in [0.4, 0.5) is 0 Å². The van der Waals surface area contributed by atoms with Crippen LogP contribution in [0.25, 0.3) is 0 Å². The summed E-state index contributed by atoms with van der Waals surface area (Å²) in [6.45, 7) is 4.62. The van der Waals surface area contributed by atoms with E-state index in [0.717, 1.165) is 42.3 Å². The Bertz CT molecular complexity index is 610. The predicted molar refractivity (Wildman–Crippen MR) is 147 cm³/mol. The van der Waals surface area contributed by atoms with E-state index in [1.807, 2.05) is 0 Å². The Hall–Kier alpha value is -0.920. The van der Waals surface area contributed by atoms with Crippen molar-refractivity contribution in [1.82, 2.24) is 9.97 Å². The Labute approximate surface area is 212 Å². The molecule has 2 nitrogen and oxygen atoms in total. The molecule has 0 N–H and O–H groups in total. The van der Waals surface area contributed by atoms with Crippen LogP contribution in [-0.2, 0) is 12.8 Å². The predicted octanol–water partition coefficient (Wildman–Crippen LogP) is 9.90. The monoisotopic (exact) mass is 468 g/mol. The Morgan fingerprint density at radius 3 is 1.94 bits per heavy atom. The molecule has 34 heavy (non-hydrogen) atoms. The molecule has 0 saturated heterocycles. The highest BCUT2D eigenvalue weighted by atomic mass is 14.9. The van der Waals surface area contributed by atoms with Crippen LogP contribution in [0.5, 0.6) is 0 Å². The third kappa shape index (κ3) is 9.98. The van der Waals surface area contributed by atoms with Gasteiger partial charge < -0.3 is 0 Å². The molecular formula is C32H56N2. The Morgan fingerprint density at radius 2 is 1.26 bits per heavy atom. The van der Waals surface area contributed by atoms with Crippen molar-refractivity contribution in [2.45, 2.75) is 155 Å². The van der Waals surface area contributed by atoms with Gasteiger partial charge in [-0.25, -0.2) is 9.97 Å². The molecule has 0 bridgehead atoms. The van der Waals surface area contributed by atoms with E-state index in [1.165, 1.54) is 134 Å². The fourth-order valence-electron chi connectivity index (χ4n) is 6.98. The van der Waals surface area contributed by atoms with Crippen LogP contribution in [0.3, 0.4) is 0 Å². The number of unbranched alkanes of at least 4 members (excludes halogenated alkanes) is 8. The Morgan fingerprint density at radius 1 is 0.676 bits per heavy atom. The first-order valence-corrected chi connectivity index (χ1v) is 15.6. The molecule has 2 aliphatic carbocycles. The average Bonchev–Trinajstić information content (AvgIpc) is 2.89. The largest absolute Gasteiger partial charge is 0.241 e.